The molecule has 1 heterocycles. The lowest BCUT2D eigenvalue weighted by Gasteiger charge is -2.12. The third kappa shape index (κ3) is 3.31. The molecule has 5 nitrogen and oxygen atoms in total. The van der Waals surface area contributed by atoms with Crippen molar-refractivity contribution < 1.29 is 15.0 Å². The Morgan fingerprint density at radius 2 is 2.05 bits per heavy atom. The van der Waals surface area contributed by atoms with Crippen LogP contribution in [0.25, 0.3) is 5.69 Å². The van der Waals surface area contributed by atoms with Crippen LogP contribution in [0.5, 0.6) is 0 Å². The van der Waals surface area contributed by atoms with Crippen LogP contribution in [0.2, 0.25) is 0 Å². The van der Waals surface area contributed by atoms with Gasteiger partial charge in [-0.15, -0.1) is 0 Å². The normalized spacial score (nSPS) is 11.0. The van der Waals surface area contributed by atoms with Crippen LogP contribution in [0.1, 0.15) is 47.8 Å². The number of aryl methyl sites for hydroxylation is 1. The Morgan fingerprint density at radius 1 is 1.33 bits per heavy atom. The predicted octanol–water partition coefficient (Wildman–Crippen LogP) is 2.62. The number of hydrogen-bond acceptors (Lipinski definition) is 3. The standard InChI is InChI=1S/C16H20N2O3/c1-11(2)13-7-3-4-8-14(13)18-10-12(6-5-9-19)15(17-18)16(20)21/h3-4,7-8,10-11,19H,5-6,9H2,1-2H3,(H,20,21). The summed E-state index contributed by atoms with van der Waals surface area (Å²) in [6, 6.07) is 7.84. The summed E-state index contributed by atoms with van der Waals surface area (Å²) < 4.78 is 1.63. The Labute approximate surface area is 123 Å². The van der Waals surface area contributed by atoms with Gasteiger partial charge in [-0.3, -0.25) is 0 Å². The first-order valence-electron chi connectivity index (χ1n) is 7.06. The van der Waals surface area contributed by atoms with E-state index >= 15 is 0 Å². The molecule has 2 N–H and O–H groups in total. The minimum atomic E-state index is -1.04. The van der Waals surface area contributed by atoms with Gasteiger partial charge in [0.1, 0.15) is 0 Å². The van der Waals surface area contributed by atoms with Gasteiger partial charge in [0.05, 0.1) is 5.69 Å². The summed E-state index contributed by atoms with van der Waals surface area (Å²) >= 11 is 0. The number of aromatic nitrogens is 2. The van der Waals surface area contributed by atoms with Gasteiger partial charge in [-0.05, 0) is 30.4 Å². The molecule has 0 bridgehead atoms. The Bertz CT molecular complexity index is 632. The molecule has 0 aliphatic rings. The van der Waals surface area contributed by atoms with E-state index in [4.69, 9.17) is 5.11 Å². The molecule has 0 aliphatic heterocycles. The summed E-state index contributed by atoms with van der Waals surface area (Å²) in [6.45, 7) is 4.22. The second-order valence-electron chi connectivity index (χ2n) is 5.29. The molecule has 1 aromatic carbocycles. The van der Waals surface area contributed by atoms with Crippen LogP contribution in [0.3, 0.4) is 0 Å². The number of para-hydroxylation sites is 1. The summed E-state index contributed by atoms with van der Waals surface area (Å²) in [4.78, 5) is 11.3. The number of carboxylic acids is 1. The van der Waals surface area contributed by atoms with E-state index in [1.807, 2.05) is 24.3 Å². The monoisotopic (exact) mass is 288 g/mol. The Kier molecular flexibility index (Phi) is 4.75. The van der Waals surface area contributed by atoms with Crippen LogP contribution < -0.4 is 0 Å². The third-order valence-corrected chi connectivity index (χ3v) is 3.40. The van der Waals surface area contributed by atoms with Crippen LogP contribution in [0, 0.1) is 0 Å². The molecule has 112 valence electrons. The number of carboxylic acid groups (broad SMARTS) is 1. The highest BCUT2D eigenvalue weighted by atomic mass is 16.4. The predicted molar refractivity (Wildman–Crippen MR) is 80.0 cm³/mol. The first-order chi connectivity index (χ1) is 10.0. The molecule has 0 unspecified atom stereocenters. The molecule has 21 heavy (non-hydrogen) atoms. The van der Waals surface area contributed by atoms with E-state index in [9.17, 15) is 9.90 Å². The highest BCUT2D eigenvalue weighted by molar-refractivity contribution is 5.87. The molecule has 0 aliphatic carbocycles. The number of hydrogen-bond donors (Lipinski definition) is 2. The van der Waals surface area contributed by atoms with Crippen molar-refractivity contribution in [2.75, 3.05) is 6.61 Å². The Balaban J connectivity index is 2.48. The van der Waals surface area contributed by atoms with Gasteiger partial charge in [-0.25, -0.2) is 9.48 Å². The molecule has 2 aromatic rings. The minimum absolute atomic E-state index is 0.0345. The van der Waals surface area contributed by atoms with Crippen molar-refractivity contribution in [1.29, 1.82) is 0 Å². The van der Waals surface area contributed by atoms with Crippen molar-refractivity contribution in [1.82, 2.24) is 9.78 Å². The molecule has 0 radical (unpaired) electrons. The number of rotatable bonds is 6. The summed E-state index contributed by atoms with van der Waals surface area (Å²) in [5.41, 5.74) is 2.72. The lowest BCUT2D eigenvalue weighted by molar-refractivity contribution is 0.0688. The average Bonchev–Trinajstić information content (AvgIpc) is 2.89. The lowest BCUT2D eigenvalue weighted by Crippen LogP contribution is -2.05. The van der Waals surface area contributed by atoms with Crippen molar-refractivity contribution in [3.05, 3.63) is 47.3 Å². The zero-order chi connectivity index (χ0) is 15.4. The smallest absolute Gasteiger partial charge is 0.356 e. The fourth-order valence-electron chi connectivity index (χ4n) is 2.35. The zero-order valence-corrected chi connectivity index (χ0v) is 12.3. The summed E-state index contributed by atoms with van der Waals surface area (Å²) in [6.07, 6.45) is 2.78. The van der Waals surface area contributed by atoms with E-state index in [0.717, 1.165) is 11.3 Å². The van der Waals surface area contributed by atoms with Crippen LogP contribution in [0.15, 0.2) is 30.5 Å². The van der Waals surface area contributed by atoms with Gasteiger partial charge in [0.25, 0.3) is 0 Å². The van der Waals surface area contributed by atoms with Crippen LogP contribution in [-0.4, -0.2) is 32.6 Å². The second-order valence-corrected chi connectivity index (χ2v) is 5.29. The molecule has 2 rings (SSSR count). The zero-order valence-electron chi connectivity index (χ0n) is 12.3. The van der Waals surface area contributed by atoms with Crippen LogP contribution in [0.4, 0.5) is 0 Å². The highest BCUT2D eigenvalue weighted by Crippen LogP contribution is 2.23. The molecule has 0 saturated carbocycles. The minimum Gasteiger partial charge on any atom is -0.476 e. The van der Waals surface area contributed by atoms with Crippen molar-refractivity contribution in [2.45, 2.75) is 32.6 Å². The molecule has 1 aromatic heterocycles. The molecule has 0 spiro atoms. The topological polar surface area (TPSA) is 75.4 Å². The third-order valence-electron chi connectivity index (χ3n) is 3.40. The van der Waals surface area contributed by atoms with Gasteiger partial charge in [-0.2, -0.15) is 5.10 Å². The first kappa shape index (κ1) is 15.3. The summed E-state index contributed by atoms with van der Waals surface area (Å²) in [5.74, 6) is -0.719. The first-order valence-corrected chi connectivity index (χ1v) is 7.06. The van der Waals surface area contributed by atoms with Crippen LogP contribution >= 0.6 is 0 Å². The van der Waals surface area contributed by atoms with Crippen molar-refractivity contribution in [2.24, 2.45) is 0 Å². The molecule has 0 amide bonds. The van der Waals surface area contributed by atoms with Gasteiger partial charge < -0.3 is 10.2 Å². The Morgan fingerprint density at radius 3 is 2.67 bits per heavy atom. The average molecular weight is 288 g/mol. The summed E-state index contributed by atoms with van der Waals surface area (Å²) in [7, 11) is 0. The van der Waals surface area contributed by atoms with Gasteiger partial charge >= 0.3 is 5.97 Å². The number of aromatic carboxylic acids is 1. The molecular formula is C16H20N2O3. The molecular weight excluding hydrogens is 268 g/mol. The van der Waals surface area contributed by atoms with Gasteiger partial charge in [-0.1, -0.05) is 32.0 Å². The maximum absolute atomic E-state index is 11.3. The quantitative estimate of drug-likeness (QED) is 0.856. The largest absolute Gasteiger partial charge is 0.476 e. The van der Waals surface area contributed by atoms with Crippen LogP contribution in [-0.2, 0) is 6.42 Å². The van der Waals surface area contributed by atoms with Gasteiger partial charge in [0.2, 0.25) is 0 Å². The lowest BCUT2D eigenvalue weighted by atomic mass is 10.0. The van der Waals surface area contributed by atoms with E-state index in [2.05, 4.69) is 18.9 Å². The number of nitrogens with zero attached hydrogens (tertiary/aromatic N) is 2. The fourth-order valence-corrected chi connectivity index (χ4v) is 2.35. The van der Waals surface area contributed by atoms with E-state index in [1.165, 1.54) is 0 Å². The van der Waals surface area contributed by atoms with E-state index in [1.54, 1.807) is 10.9 Å². The van der Waals surface area contributed by atoms with Crippen molar-refractivity contribution in [3.63, 3.8) is 0 Å². The number of aliphatic hydroxyl groups is 1. The van der Waals surface area contributed by atoms with E-state index in [-0.39, 0.29) is 12.3 Å². The van der Waals surface area contributed by atoms with E-state index in [0.29, 0.717) is 24.3 Å². The second kappa shape index (κ2) is 6.54. The van der Waals surface area contributed by atoms with Crippen molar-refractivity contribution in [3.8, 4) is 5.69 Å². The number of carbonyl (C=O) groups is 1. The molecule has 0 fully saturated rings. The maximum atomic E-state index is 11.3. The molecule has 5 heteroatoms. The SMILES string of the molecule is CC(C)c1ccccc1-n1cc(CCCO)c(C(=O)O)n1. The van der Waals surface area contributed by atoms with Gasteiger partial charge in [0, 0.05) is 18.4 Å². The molecule has 0 atom stereocenters. The van der Waals surface area contributed by atoms with Gasteiger partial charge in [0.15, 0.2) is 5.69 Å². The maximum Gasteiger partial charge on any atom is 0.356 e. The fraction of sp³-hybridized carbons (Fsp3) is 0.375. The summed E-state index contributed by atoms with van der Waals surface area (Å²) in [5, 5.41) is 22.4. The Hall–Kier alpha value is -2.14. The van der Waals surface area contributed by atoms with Crippen molar-refractivity contribution >= 4 is 5.97 Å². The molecule has 0 saturated heterocycles. The number of aliphatic hydroxyl groups excluding tert-OH is 1. The highest BCUT2D eigenvalue weighted by Gasteiger charge is 2.17. The van der Waals surface area contributed by atoms with E-state index < -0.39 is 5.97 Å². The number of benzene rings is 1.